The Balaban J connectivity index is 1.98. The van der Waals surface area contributed by atoms with Gasteiger partial charge in [0.2, 0.25) is 5.91 Å². The van der Waals surface area contributed by atoms with E-state index in [0.717, 1.165) is 21.8 Å². The molecular weight excluding hydrogens is 300 g/mol. The van der Waals surface area contributed by atoms with Gasteiger partial charge >= 0.3 is 0 Å². The first-order chi connectivity index (χ1) is 10.7. The highest BCUT2D eigenvalue weighted by Gasteiger charge is 2.11. The maximum absolute atomic E-state index is 11.8. The Morgan fingerprint density at radius 1 is 1.14 bits per heavy atom. The minimum atomic E-state index is -0.0612. The van der Waals surface area contributed by atoms with Crippen molar-refractivity contribution in [1.82, 2.24) is 9.88 Å². The number of fused-ring (bicyclic) bond motifs is 3. The van der Waals surface area contributed by atoms with Crippen LogP contribution < -0.4 is 5.32 Å². The molecule has 1 aromatic heterocycles. The molecule has 0 aliphatic rings. The first kappa shape index (κ1) is 14.9. The fraction of sp³-hybridized carbons (Fsp3) is 0.235. The van der Waals surface area contributed by atoms with Crippen LogP contribution in [0.15, 0.2) is 42.5 Å². The van der Waals surface area contributed by atoms with Crippen molar-refractivity contribution in [2.45, 2.75) is 13.0 Å². The number of aromatic nitrogens is 1. The summed E-state index contributed by atoms with van der Waals surface area (Å²) in [6.07, 6.45) is 0.371. The maximum atomic E-state index is 11.8. The third kappa shape index (κ3) is 2.80. The Morgan fingerprint density at radius 2 is 1.91 bits per heavy atom. The molecule has 5 heteroatoms. The van der Waals surface area contributed by atoms with Gasteiger partial charge in [-0.1, -0.05) is 29.8 Å². The molecule has 1 amide bonds. The van der Waals surface area contributed by atoms with E-state index in [1.807, 2.05) is 30.3 Å². The molecule has 4 nitrogen and oxygen atoms in total. The Kier molecular flexibility index (Phi) is 4.32. The Morgan fingerprint density at radius 3 is 2.73 bits per heavy atom. The van der Waals surface area contributed by atoms with Crippen molar-refractivity contribution in [2.75, 3.05) is 13.2 Å². The molecule has 114 valence electrons. The molecular formula is C17H17ClN2O2. The average molecular weight is 317 g/mol. The minimum Gasteiger partial charge on any atom is -0.395 e. The number of aliphatic hydroxyl groups excluding tert-OH is 1. The molecule has 3 aromatic rings. The zero-order valence-corrected chi connectivity index (χ0v) is 12.8. The van der Waals surface area contributed by atoms with E-state index < -0.39 is 0 Å². The SMILES string of the molecule is O=C(CCn1c2ccccc2c2cc(Cl)ccc21)NCCO. The molecule has 2 aromatic carbocycles. The van der Waals surface area contributed by atoms with Crippen molar-refractivity contribution in [2.24, 2.45) is 0 Å². The lowest BCUT2D eigenvalue weighted by Gasteiger charge is -2.08. The van der Waals surface area contributed by atoms with Gasteiger partial charge in [0.05, 0.1) is 6.61 Å². The average Bonchev–Trinajstić information content (AvgIpc) is 2.84. The summed E-state index contributed by atoms with van der Waals surface area (Å²) in [6.45, 7) is 0.837. The summed E-state index contributed by atoms with van der Waals surface area (Å²) in [5.41, 5.74) is 2.16. The van der Waals surface area contributed by atoms with Gasteiger partial charge in [-0.25, -0.2) is 0 Å². The van der Waals surface area contributed by atoms with E-state index >= 15 is 0 Å². The summed E-state index contributed by atoms with van der Waals surface area (Å²) in [7, 11) is 0. The summed E-state index contributed by atoms with van der Waals surface area (Å²) in [5, 5.41) is 14.4. The van der Waals surface area contributed by atoms with E-state index in [4.69, 9.17) is 16.7 Å². The molecule has 0 fully saturated rings. The van der Waals surface area contributed by atoms with Gasteiger partial charge < -0.3 is 15.0 Å². The van der Waals surface area contributed by atoms with Crippen LogP contribution in [0.4, 0.5) is 0 Å². The van der Waals surface area contributed by atoms with Gasteiger partial charge in [0.1, 0.15) is 0 Å². The van der Waals surface area contributed by atoms with E-state index in [1.54, 1.807) is 0 Å². The molecule has 2 N–H and O–H groups in total. The quantitative estimate of drug-likeness (QED) is 0.760. The van der Waals surface area contributed by atoms with Gasteiger partial charge in [-0.15, -0.1) is 0 Å². The predicted molar refractivity (Wildman–Crippen MR) is 89.2 cm³/mol. The molecule has 0 aliphatic carbocycles. The Labute approximate surface area is 133 Å². The number of hydrogen-bond acceptors (Lipinski definition) is 2. The first-order valence-electron chi connectivity index (χ1n) is 7.25. The third-order valence-electron chi connectivity index (χ3n) is 3.73. The lowest BCUT2D eigenvalue weighted by atomic mass is 10.2. The second-order valence-electron chi connectivity index (χ2n) is 5.15. The molecule has 0 aliphatic heterocycles. The van der Waals surface area contributed by atoms with Gasteiger partial charge in [0, 0.05) is 46.3 Å². The monoisotopic (exact) mass is 316 g/mol. The number of amides is 1. The normalized spacial score (nSPS) is 11.2. The van der Waals surface area contributed by atoms with Crippen LogP contribution >= 0.6 is 11.6 Å². The maximum Gasteiger partial charge on any atom is 0.221 e. The standard InChI is InChI=1S/C17H17ClN2O2/c18-12-5-6-16-14(11-12)13-3-1-2-4-15(13)20(16)9-7-17(22)19-8-10-21/h1-6,11,21H,7-10H2,(H,19,22). The fourth-order valence-corrected chi connectivity index (χ4v) is 2.94. The molecule has 3 rings (SSSR count). The van der Waals surface area contributed by atoms with Crippen molar-refractivity contribution in [3.05, 3.63) is 47.5 Å². The smallest absolute Gasteiger partial charge is 0.221 e. The van der Waals surface area contributed by atoms with Crippen molar-refractivity contribution in [3.8, 4) is 0 Å². The lowest BCUT2D eigenvalue weighted by molar-refractivity contribution is -0.121. The number of aryl methyl sites for hydroxylation is 1. The molecule has 1 heterocycles. The number of benzene rings is 2. The molecule has 0 saturated heterocycles. The topological polar surface area (TPSA) is 54.3 Å². The van der Waals surface area contributed by atoms with Crippen LogP contribution in [0.5, 0.6) is 0 Å². The van der Waals surface area contributed by atoms with E-state index in [2.05, 4.69) is 22.0 Å². The van der Waals surface area contributed by atoms with E-state index in [9.17, 15) is 4.79 Å². The number of nitrogens with one attached hydrogen (secondary N) is 1. The molecule has 0 radical (unpaired) electrons. The van der Waals surface area contributed by atoms with Crippen molar-refractivity contribution >= 4 is 39.3 Å². The minimum absolute atomic E-state index is 0.0420. The highest BCUT2D eigenvalue weighted by molar-refractivity contribution is 6.31. The molecule has 0 saturated carbocycles. The molecule has 22 heavy (non-hydrogen) atoms. The van der Waals surface area contributed by atoms with Gasteiger partial charge in [0.25, 0.3) is 0 Å². The van der Waals surface area contributed by atoms with Crippen LogP contribution in [-0.2, 0) is 11.3 Å². The fourth-order valence-electron chi connectivity index (χ4n) is 2.76. The number of carbonyl (C=O) groups excluding carboxylic acids is 1. The number of halogens is 1. The van der Waals surface area contributed by atoms with Crippen LogP contribution in [0, 0.1) is 0 Å². The lowest BCUT2D eigenvalue weighted by Crippen LogP contribution is -2.27. The second kappa shape index (κ2) is 6.38. The Bertz CT molecular complexity index is 826. The predicted octanol–water partition coefficient (Wildman–Crippen LogP) is 2.95. The first-order valence-corrected chi connectivity index (χ1v) is 7.62. The zero-order valence-electron chi connectivity index (χ0n) is 12.1. The van der Waals surface area contributed by atoms with Gasteiger partial charge in [-0.05, 0) is 24.3 Å². The van der Waals surface area contributed by atoms with E-state index in [0.29, 0.717) is 24.5 Å². The summed E-state index contributed by atoms with van der Waals surface area (Å²) in [6, 6.07) is 13.9. The van der Waals surface area contributed by atoms with E-state index in [-0.39, 0.29) is 12.5 Å². The van der Waals surface area contributed by atoms with Crippen LogP contribution in [0.25, 0.3) is 21.8 Å². The number of para-hydroxylation sites is 1. The molecule has 0 spiro atoms. The van der Waals surface area contributed by atoms with Gasteiger partial charge in [0.15, 0.2) is 0 Å². The van der Waals surface area contributed by atoms with Crippen LogP contribution in [-0.4, -0.2) is 28.7 Å². The largest absolute Gasteiger partial charge is 0.395 e. The molecule has 0 atom stereocenters. The summed E-state index contributed by atoms with van der Waals surface area (Å²) < 4.78 is 2.14. The number of nitrogens with zero attached hydrogens (tertiary/aromatic N) is 1. The second-order valence-corrected chi connectivity index (χ2v) is 5.59. The zero-order chi connectivity index (χ0) is 15.5. The number of aliphatic hydroxyl groups is 1. The molecule has 0 unspecified atom stereocenters. The Hall–Kier alpha value is -2.04. The third-order valence-corrected chi connectivity index (χ3v) is 3.97. The highest BCUT2D eigenvalue weighted by Crippen LogP contribution is 2.31. The number of carbonyl (C=O) groups is 1. The number of rotatable bonds is 5. The number of hydrogen-bond donors (Lipinski definition) is 2. The van der Waals surface area contributed by atoms with Gasteiger partial charge in [-0.3, -0.25) is 4.79 Å². The summed E-state index contributed by atoms with van der Waals surface area (Å²) >= 11 is 6.12. The summed E-state index contributed by atoms with van der Waals surface area (Å²) in [4.78, 5) is 11.8. The van der Waals surface area contributed by atoms with Crippen molar-refractivity contribution < 1.29 is 9.90 Å². The van der Waals surface area contributed by atoms with Crippen molar-refractivity contribution in [3.63, 3.8) is 0 Å². The van der Waals surface area contributed by atoms with Gasteiger partial charge in [-0.2, -0.15) is 0 Å². The van der Waals surface area contributed by atoms with E-state index in [1.165, 1.54) is 0 Å². The summed E-state index contributed by atoms with van der Waals surface area (Å²) in [5.74, 6) is -0.0612. The van der Waals surface area contributed by atoms with Crippen molar-refractivity contribution in [1.29, 1.82) is 0 Å². The van der Waals surface area contributed by atoms with Crippen LogP contribution in [0.1, 0.15) is 6.42 Å². The van der Waals surface area contributed by atoms with Crippen LogP contribution in [0.3, 0.4) is 0 Å². The van der Waals surface area contributed by atoms with Crippen LogP contribution in [0.2, 0.25) is 5.02 Å². The molecule has 0 bridgehead atoms. The highest BCUT2D eigenvalue weighted by atomic mass is 35.5.